The molecular weight excluding hydrogens is 260 g/mol. The average molecular weight is 276 g/mol. The van der Waals surface area contributed by atoms with Gasteiger partial charge in [0.25, 0.3) is 0 Å². The second-order valence-corrected chi connectivity index (χ2v) is 5.56. The van der Waals surface area contributed by atoms with Gasteiger partial charge in [0.2, 0.25) is 0 Å². The molecule has 5 heteroatoms. The van der Waals surface area contributed by atoms with Crippen LogP contribution < -0.4 is 5.32 Å². The number of nitrogens with zero attached hydrogens (tertiary/aromatic N) is 1. The van der Waals surface area contributed by atoms with Crippen LogP contribution in [0.4, 0.5) is 5.82 Å². The monoisotopic (exact) mass is 276 g/mol. The normalized spacial score (nSPS) is 10.3. The van der Waals surface area contributed by atoms with E-state index in [-0.39, 0.29) is 5.97 Å². The Labute approximate surface area is 116 Å². The maximum Gasteiger partial charge on any atom is 0.339 e. The summed E-state index contributed by atoms with van der Waals surface area (Å²) in [5.41, 5.74) is 1.17. The van der Waals surface area contributed by atoms with Crippen molar-refractivity contribution < 1.29 is 9.53 Å². The Morgan fingerprint density at radius 3 is 2.68 bits per heavy atom. The van der Waals surface area contributed by atoms with E-state index in [4.69, 9.17) is 4.74 Å². The lowest BCUT2D eigenvalue weighted by Gasteiger charge is -2.07. The molecule has 100 valence electrons. The Balaban J connectivity index is 2.06. The minimum atomic E-state index is -0.356. The molecule has 0 amide bonds. The predicted molar refractivity (Wildman–Crippen MR) is 76.7 cm³/mol. The van der Waals surface area contributed by atoms with Crippen molar-refractivity contribution in [3.8, 4) is 0 Å². The van der Waals surface area contributed by atoms with E-state index in [2.05, 4.69) is 29.4 Å². The van der Waals surface area contributed by atoms with Crippen molar-refractivity contribution in [2.24, 2.45) is 0 Å². The molecule has 4 nitrogen and oxygen atoms in total. The molecule has 0 radical (unpaired) electrons. The maximum absolute atomic E-state index is 11.4. The van der Waals surface area contributed by atoms with Crippen LogP contribution in [0.5, 0.6) is 0 Å². The second-order valence-electron chi connectivity index (χ2n) is 4.19. The molecule has 0 unspecified atom stereocenters. The second kappa shape index (κ2) is 5.84. The van der Waals surface area contributed by atoms with E-state index in [0.29, 0.717) is 11.3 Å². The van der Waals surface area contributed by atoms with Gasteiger partial charge in [0.05, 0.1) is 24.9 Å². The quantitative estimate of drug-likeness (QED) is 0.872. The summed E-state index contributed by atoms with van der Waals surface area (Å²) in [6.07, 6.45) is 0. The number of nitrogens with one attached hydrogen (secondary N) is 1. The predicted octanol–water partition coefficient (Wildman–Crippen LogP) is 3.16. The molecule has 2 rings (SSSR count). The highest BCUT2D eigenvalue weighted by atomic mass is 32.1. The topological polar surface area (TPSA) is 51.2 Å². The van der Waals surface area contributed by atoms with Crippen LogP contribution in [-0.2, 0) is 11.3 Å². The molecule has 0 aliphatic heterocycles. The number of pyridine rings is 1. The van der Waals surface area contributed by atoms with E-state index in [9.17, 15) is 4.79 Å². The van der Waals surface area contributed by atoms with E-state index in [0.717, 1.165) is 12.4 Å². The third-order valence-electron chi connectivity index (χ3n) is 2.73. The number of thiophene rings is 1. The summed E-state index contributed by atoms with van der Waals surface area (Å²) >= 11 is 1.76. The van der Waals surface area contributed by atoms with Crippen molar-refractivity contribution >= 4 is 23.1 Å². The van der Waals surface area contributed by atoms with E-state index in [1.165, 1.54) is 16.9 Å². The summed E-state index contributed by atoms with van der Waals surface area (Å²) < 4.78 is 4.69. The maximum atomic E-state index is 11.4. The third-order valence-corrected chi connectivity index (χ3v) is 3.73. The van der Waals surface area contributed by atoms with Crippen molar-refractivity contribution in [2.75, 3.05) is 12.4 Å². The lowest BCUT2D eigenvalue weighted by atomic mass is 10.2. The number of carbonyl (C=O) groups is 1. The summed E-state index contributed by atoms with van der Waals surface area (Å²) in [7, 11) is 1.37. The zero-order valence-corrected chi connectivity index (χ0v) is 12.0. The fourth-order valence-corrected chi connectivity index (χ4v) is 2.57. The van der Waals surface area contributed by atoms with Gasteiger partial charge in [0.1, 0.15) is 5.82 Å². The number of rotatable bonds is 4. The molecule has 2 aromatic heterocycles. The highest BCUT2D eigenvalue weighted by Gasteiger charge is 2.10. The van der Waals surface area contributed by atoms with Crippen LogP contribution in [0, 0.1) is 13.8 Å². The molecule has 1 N–H and O–H groups in total. The summed E-state index contributed by atoms with van der Waals surface area (Å²) in [5, 5.41) is 3.25. The van der Waals surface area contributed by atoms with Crippen LogP contribution in [0.2, 0.25) is 0 Å². The van der Waals surface area contributed by atoms with Crippen molar-refractivity contribution in [3.05, 3.63) is 45.3 Å². The van der Waals surface area contributed by atoms with Gasteiger partial charge in [-0.1, -0.05) is 0 Å². The largest absolute Gasteiger partial charge is 0.465 e. The van der Waals surface area contributed by atoms with Gasteiger partial charge in [0.15, 0.2) is 0 Å². The van der Waals surface area contributed by atoms with Crippen LogP contribution in [0.1, 0.15) is 25.8 Å². The molecule has 0 fully saturated rings. The first kappa shape index (κ1) is 13.5. The molecule has 0 bridgehead atoms. The Bertz CT molecular complexity index is 593. The van der Waals surface area contributed by atoms with Gasteiger partial charge in [-0.2, -0.15) is 0 Å². The van der Waals surface area contributed by atoms with Crippen molar-refractivity contribution in [2.45, 2.75) is 20.4 Å². The van der Waals surface area contributed by atoms with E-state index in [1.54, 1.807) is 30.4 Å². The van der Waals surface area contributed by atoms with Gasteiger partial charge in [-0.05, 0) is 38.1 Å². The molecule has 0 spiro atoms. The van der Waals surface area contributed by atoms with E-state index < -0.39 is 0 Å². The third kappa shape index (κ3) is 3.32. The van der Waals surface area contributed by atoms with Crippen LogP contribution in [0.25, 0.3) is 0 Å². The number of hydrogen-bond donors (Lipinski definition) is 1. The van der Waals surface area contributed by atoms with Gasteiger partial charge < -0.3 is 10.1 Å². The first-order valence-electron chi connectivity index (χ1n) is 5.95. The smallest absolute Gasteiger partial charge is 0.339 e. The number of anilines is 1. The van der Waals surface area contributed by atoms with Gasteiger partial charge in [0, 0.05) is 9.75 Å². The first-order chi connectivity index (χ1) is 9.10. The number of aryl methyl sites for hydroxylation is 2. The Hall–Kier alpha value is -1.88. The highest BCUT2D eigenvalue weighted by molar-refractivity contribution is 7.11. The zero-order valence-electron chi connectivity index (χ0n) is 11.2. The number of ether oxygens (including phenoxy) is 1. The SMILES string of the molecule is COC(=O)c1ccc(NCc2ccc(C)s2)nc1C. The van der Waals surface area contributed by atoms with Crippen molar-refractivity contribution in [1.82, 2.24) is 4.98 Å². The van der Waals surface area contributed by atoms with Crippen LogP contribution >= 0.6 is 11.3 Å². The summed E-state index contributed by atoms with van der Waals surface area (Å²) in [5.74, 6) is 0.404. The Morgan fingerprint density at radius 1 is 1.32 bits per heavy atom. The van der Waals surface area contributed by atoms with Crippen molar-refractivity contribution in [1.29, 1.82) is 0 Å². The first-order valence-corrected chi connectivity index (χ1v) is 6.77. The lowest BCUT2D eigenvalue weighted by Crippen LogP contribution is -2.07. The summed E-state index contributed by atoms with van der Waals surface area (Å²) in [6, 6.07) is 7.72. The number of methoxy groups -OCH3 is 1. The minimum absolute atomic E-state index is 0.356. The molecule has 0 saturated heterocycles. The number of aromatic nitrogens is 1. The molecule has 0 aliphatic carbocycles. The van der Waals surface area contributed by atoms with Gasteiger partial charge >= 0.3 is 5.97 Å². The van der Waals surface area contributed by atoms with Crippen LogP contribution in [-0.4, -0.2) is 18.1 Å². The summed E-state index contributed by atoms with van der Waals surface area (Å²) in [6.45, 7) is 4.62. The van der Waals surface area contributed by atoms with Crippen LogP contribution in [0.15, 0.2) is 24.3 Å². The van der Waals surface area contributed by atoms with Gasteiger partial charge in [-0.15, -0.1) is 11.3 Å². The van der Waals surface area contributed by atoms with Crippen molar-refractivity contribution in [3.63, 3.8) is 0 Å². The van der Waals surface area contributed by atoms with Crippen LogP contribution in [0.3, 0.4) is 0 Å². The van der Waals surface area contributed by atoms with Gasteiger partial charge in [-0.3, -0.25) is 0 Å². The zero-order chi connectivity index (χ0) is 13.8. The standard InChI is InChI=1S/C14H16N2O2S/c1-9-4-5-11(19-9)8-15-13-7-6-12(10(2)16-13)14(17)18-3/h4-7H,8H2,1-3H3,(H,15,16). The molecule has 0 aliphatic rings. The number of hydrogen-bond acceptors (Lipinski definition) is 5. The molecule has 2 aromatic rings. The van der Waals surface area contributed by atoms with Gasteiger partial charge in [-0.25, -0.2) is 9.78 Å². The van der Waals surface area contributed by atoms with E-state index >= 15 is 0 Å². The molecule has 0 atom stereocenters. The fourth-order valence-electron chi connectivity index (χ4n) is 1.74. The minimum Gasteiger partial charge on any atom is -0.465 e. The van der Waals surface area contributed by atoms with E-state index in [1.807, 2.05) is 0 Å². The highest BCUT2D eigenvalue weighted by Crippen LogP contribution is 2.17. The molecule has 2 heterocycles. The molecular formula is C14H16N2O2S. The molecule has 0 aromatic carbocycles. The molecule has 19 heavy (non-hydrogen) atoms. The number of carbonyl (C=O) groups excluding carboxylic acids is 1. The molecule has 0 saturated carbocycles. The summed E-state index contributed by atoms with van der Waals surface area (Å²) in [4.78, 5) is 18.4. The Kier molecular flexibility index (Phi) is 4.16. The average Bonchev–Trinajstić information content (AvgIpc) is 2.81. The Morgan fingerprint density at radius 2 is 2.11 bits per heavy atom. The number of esters is 1. The fraction of sp³-hybridized carbons (Fsp3) is 0.286. The lowest BCUT2D eigenvalue weighted by molar-refractivity contribution is 0.0599.